The summed E-state index contributed by atoms with van der Waals surface area (Å²) in [4.78, 5) is 22.9. The minimum atomic E-state index is -1.11. The maximum atomic E-state index is 11.7. The zero-order chi connectivity index (χ0) is 14.3. The molecule has 6 heteroatoms. The first-order chi connectivity index (χ1) is 9.08. The Morgan fingerprint density at radius 3 is 2.47 bits per heavy atom. The van der Waals surface area contributed by atoms with Crippen molar-refractivity contribution in [3.05, 3.63) is 35.9 Å². The quantitative estimate of drug-likeness (QED) is 0.658. The molecule has 2 unspecified atom stereocenters. The number of carboxylic acids is 1. The van der Waals surface area contributed by atoms with Gasteiger partial charge in [0.15, 0.2) is 6.04 Å². The highest BCUT2D eigenvalue weighted by atomic mass is 16.5. The van der Waals surface area contributed by atoms with Crippen molar-refractivity contribution in [1.29, 1.82) is 0 Å². The highest BCUT2D eigenvalue weighted by molar-refractivity contribution is 5.84. The Bertz CT molecular complexity index is 418. The topological polar surface area (TPSA) is 102 Å². The van der Waals surface area contributed by atoms with Gasteiger partial charge in [-0.05, 0) is 5.56 Å². The molecule has 0 bridgehead atoms. The van der Waals surface area contributed by atoms with Crippen LogP contribution in [0.15, 0.2) is 30.3 Å². The van der Waals surface area contributed by atoms with E-state index in [4.69, 9.17) is 15.6 Å². The van der Waals surface area contributed by atoms with Gasteiger partial charge in [-0.2, -0.15) is 0 Å². The number of carbonyl (C=O) groups excluding carboxylic acids is 1. The molecule has 0 aliphatic rings. The van der Waals surface area contributed by atoms with Gasteiger partial charge in [0.1, 0.15) is 0 Å². The van der Waals surface area contributed by atoms with Gasteiger partial charge in [0, 0.05) is 13.7 Å². The number of hydrogen-bond acceptors (Lipinski definition) is 4. The Labute approximate surface area is 111 Å². The SMILES string of the molecule is COC(CN)CC(=O)NC(C(=O)O)c1ccccc1. The highest BCUT2D eigenvalue weighted by Crippen LogP contribution is 2.13. The molecule has 4 N–H and O–H groups in total. The third-order valence-electron chi connectivity index (χ3n) is 2.69. The van der Waals surface area contributed by atoms with Gasteiger partial charge >= 0.3 is 5.97 Å². The fraction of sp³-hybridized carbons (Fsp3) is 0.385. The first-order valence-electron chi connectivity index (χ1n) is 5.88. The molecule has 0 spiro atoms. The maximum Gasteiger partial charge on any atom is 0.330 e. The van der Waals surface area contributed by atoms with Gasteiger partial charge in [0.05, 0.1) is 12.5 Å². The second-order valence-electron chi connectivity index (χ2n) is 4.05. The van der Waals surface area contributed by atoms with E-state index >= 15 is 0 Å². The molecule has 0 aliphatic heterocycles. The molecule has 1 amide bonds. The number of ether oxygens (including phenoxy) is 1. The summed E-state index contributed by atoms with van der Waals surface area (Å²) >= 11 is 0. The summed E-state index contributed by atoms with van der Waals surface area (Å²) in [7, 11) is 1.46. The number of aliphatic carboxylic acids is 1. The minimum absolute atomic E-state index is 0.0314. The van der Waals surface area contributed by atoms with Crippen LogP contribution in [0.3, 0.4) is 0 Å². The molecular formula is C13H18N2O4. The van der Waals surface area contributed by atoms with Gasteiger partial charge in [-0.1, -0.05) is 30.3 Å². The summed E-state index contributed by atoms with van der Waals surface area (Å²) in [6.45, 7) is 0.201. The summed E-state index contributed by atoms with van der Waals surface area (Å²) in [5.41, 5.74) is 5.93. The largest absolute Gasteiger partial charge is 0.479 e. The van der Waals surface area contributed by atoms with Crippen molar-refractivity contribution >= 4 is 11.9 Å². The van der Waals surface area contributed by atoms with Crippen molar-refractivity contribution in [3.63, 3.8) is 0 Å². The molecule has 1 aromatic carbocycles. The van der Waals surface area contributed by atoms with Crippen molar-refractivity contribution in [2.45, 2.75) is 18.6 Å². The van der Waals surface area contributed by atoms with Crippen LogP contribution in [-0.2, 0) is 14.3 Å². The van der Waals surface area contributed by atoms with Crippen LogP contribution in [0.5, 0.6) is 0 Å². The summed E-state index contributed by atoms with van der Waals surface area (Å²) in [5, 5.41) is 11.6. The Balaban J connectivity index is 2.70. The monoisotopic (exact) mass is 266 g/mol. The number of carbonyl (C=O) groups is 2. The van der Waals surface area contributed by atoms with Crippen molar-refractivity contribution in [2.75, 3.05) is 13.7 Å². The van der Waals surface area contributed by atoms with Crippen LogP contribution in [-0.4, -0.2) is 36.7 Å². The van der Waals surface area contributed by atoms with Crippen LogP contribution in [0.1, 0.15) is 18.0 Å². The molecular weight excluding hydrogens is 248 g/mol. The van der Waals surface area contributed by atoms with E-state index in [1.807, 2.05) is 0 Å². The smallest absolute Gasteiger partial charge is 0.330 e. The lowest BCUT2D eigenvalue weighted by Gasteiger charge is -2.17. The molecule has 6 nitrogen and oxygen atoms in total. The van der Waals surface area contributed by atoms with Crippen molar-refractivity contribution in [2.24, 2.45) is 5.73 Å². The molecule has 1 aromatic rings. The molecule has 104 valence electrons. The average Bonchev–Trinajstić information content (AvgIpc) is 2.42. The first kappa shape index (κ1) is 15.1. The molecule has 19 heavy (non-hydrogen) atoms. The van der Waals surface area contributed by atoms with Crippen LogP contribution >= 0.6 is 0 Å². The summed E-state index contributed by atoms with van der Waals surface area (Å²) in [6, 6.07) is 7.44. The van der Waals surface area contributed by atoms with E-state index in [1.165, 1.54) is 7.11 Å². The average molecular weight is 266 g/mol. The predicted octanol–water partition coefficient (Wildman–Crippen LogP) is 0.292. The van der Waals surface area contributed by atoms with E-state index in [2.05, 4.69) is 5.32 Å². The number of hydrogen-bond donors (Lipinski definition) is 3. The van der Waals surface area contributed by atoms with Gasteiger partial charge in [-0.15, -0.1) is 0 Å². The van der Waals surface area contributed by atoms with E-state index in [0.717, 1.165) is 0 Å². The van der Waals surface area contributed by atoms with E-state index in [1.54, 1.807) is 30.3 Å². The van der Waals surface area contributed by atoms with Crippen LogP contribution in [0.4, 0.5) is 0 Å². The lowest BCUT2D eigenvalue weighted by Crippen LogP contribution is -2.37. The summed E-state index contributed by atoms with van der Waals surface area (Å²) in [5.74, 6) is -1.52. The Morgan fingerprint density at radius 1 is 1.37 bits per heavy atom. The molecule has 0 radical (unpaired) electrons. The van der Waals surface area contributed by atoms with Gasteiger partial charge in [0.2, 0.25) is 5.91 Å². The Morgan fingerprint density at radius 2 is 2.00 bits per heavy atom. The number of nitrogens with one attached hydrogen (secondary N) is 1. The molecule has 0 aliphatic carbocycles. The molecule has 0 aromatic heterocycles. The number of amides is 1. The second-order valence-corrected chi connectivity index (χ2v) is 4.05. The summed E-state index contributed by atoms with van der Waals surface area (Å²) in [6.07, 6.45) is -0.380. The predicted molar refractivity (Wildman–Crippen MR) is 69.4 cm³/mol. The standard InChI is InChI=1S/C13H18N2O4/c1-19-10(8-14)7-11(16)15-12(13(17)18)9-5-3-2-4-6-9/h2-6,10,12H,7-8,14H2,1H3,(H,15,16)(H,17,18). The Kier molecular flexibility index (Phi) is 5.98. The zero-order valence-corrected chi connectivity index (χ0v) is 10.7. The van der Waals surface area contributed by atoms with Crippen LogP contribution in [0.2, 0.25) is 0 Å². The van der Waals surface area contributed by atoms with Gasteiger partial charge in [0.25, 0.3) is 0 Å². The highest BCUT2D eigenvalue weighted by Gasteiger charge is 2.23. The lowest BCUT2D eigenvalue weighted by atomic mass is 10.1. The van der Waals surface area contributed by atoms with E-state index in [9.17, 15) is 9.59 Å². The van der Waals surface area contributed by atoms with E-state index < -0.39 is 24.0 Å². The zero-order valence-electron chi connectivity index (χ0n) is 10.7. The molecule has 0 heterocycles. The fourth-order valence-electron chi connectivity index (χ4n) is 1.62. The molecule has 0 saturated carbocycles. The number of methoxy groups -OCH3 is 1. The van der Waals surface area contributed by atoms with Gasteiger partial charge < -0.3 is 20.9 Å². The minimum Gasteiger partial charge on any atom is -0.479 e. The number of benzene rings is 1. The lowest BCUT2D eigenvalue weighted by molar-refractivity contribution is -0.142. The van der Waals surface area contributed by atoms with Crippen molar-refractivity contribution in [3.8, 4) is 0 Å². The maximum absolute atomic E-state index is 11.7. The van der Waals surface area contributed by atoms with Crippen molar-refractivity contribution in [1.82, 2.24) is 5.32 Å². The number of rotatable bonds is 7. The van der Waals surface area contributed by atoms with E-state index in [0.29, 0.717) is 5.56 Å². The van der Waals surface area contributed by atoms with Gasteiger partial charge in [-0.3, -0.25) is 4.79 Å². The molecule has 2 atom stereocenters. The van der Waals surface area contributed by atoms with E-state index in [-0.39, 0.29) is 13.0 Å². The summed E-state index contributed by atoms with van der Waals surface area (Å²) < 4.78 is 4.98. The number of nitrogens with two attached hydrogens (primary N) is 1. The second kappa shape index (κ2) is 7.50. The molecule has 0 saturated heterocycles. The molecule has 0 fully saturated rings. The normalized spacial score (nSPS) is 13.6. The fourth-order valence-corrected chi connectivity index (χ4v) is 1.62. The van der Waals surface area contributed by atoms with Crippen LogP contribution < -0.4 is 11.1 Å². The van der Waals surface area contributed by atoms with Crippen LogP contribution in [0, 0.1) is 0 Å². The van der Waals surface area contributed by atoms with Crippen LogP contribution in [0.25, 0.3) is 0 Å². The third-order valence-corrected chi connectivity index (χ3v) is 2.69. The number of carboxylic acid groups (broad SMARTS) is 1. The van der Waals surface area contributed by atoms with Gasteiger partial charge in [-0.25, -0.2) is 4.79 Å². The van der Waals surface area contributed by atoms with Crippen molar-refractivity contribution < 1.29 is 19.4 Å². The third kappa shape index (κ3) is 4.69. The first-order valence-corrected chi connectivity index (χ1v) is 5.88. The Hall–Kier alpha value is -1.92. The molecule has 1 rings (SSSR count).